The van der Waals surface area contributed by atoms with Crippen molar-refractivity contribution in [3.8, 4) is 0 Å². The van der Waals surface area contributed by atoms with Gasteiger partial charge in [0.1, 0.15) is 10.2 Å². The number of aromatic nitrogens is 2. The predicted octanol–water partition coefficient (Wildman–Crippen LogP) is 2.30. The highest BCUT2D eigenvalue weighted by molar-refractivity contribution is 9.10. The number of hydrogen-bond donors (Lipinski definition) is 0. The Hall–Kier alpha value is -1.81. The fourth-order valence-corrected chi connectivity index (χ4v) is 4.78. The molecule has 168 valence electrons. The molecule has 1 atom stereocenters. The van der Waals surface area contributed by atoms with Crippen molar-refractivity contribution in [3.05, 3.63) is 38.9 Å². The second kappa shape index (κ2) is 10.2. The van der Waals surface area contributed by atoms with Crippen LogP contribution in [0.4, 0.5) is 0 Å². The molecule has 2 aliphatic rings. The maximum absolute atomic E-state index is 13.0. The van der Waals surface area contributed by atoms with Gasteiger partial charge in [-0.1, -0.05) is 0 Å². The molecule has 2 aromatic rings. The molecule has 0 aromatic carbocycles. The van der Waals surface area contributed by atoms with E-state index in [1.807, 2.05) is 0 Å². The summed E-state index contributed by atoms with van der Waals surface area (Å²) >= 11 is 3.35. The van der Waals surface area contributed by atoms with Crippen LogP contribution in [0.3, 0.4) is 0 Å². The van der Waals surface area contributed by atoms with Crippen molar-refractivity contribution in [1.29, 1.82) is 0 Å². The molecular formula is C22H29BrN4O4. The van der Waals surface area contributed by atoms with E-state index in [4.69, 9.17) is 9.47 Å². The van der Waals surface area contributed by atoms with Gasteiger partial charge in [-0.05, 0) is 48.3 Å². The van der Waals surface area contributed by atoms with E-state index >= 15 is 0 Å². The van der Waals surface area contributed by atoms with E-state index in [1.54, 1.807) is 25.4 Å². The van der Waals surface area contributed by atoms with Gasteiger partial charge in [0.15, 0.2) is 0 Å². The molecule has 4 heterocycles. The highest BCUT2D eigenvalue weighted by Gasteiger charge is 2.25. The summed E-state index contributed by atoms with van der Waals surface area (Å²) in [5.41, 5.74) is 0.520. The molecule has 0 saturated carbocycles. The lowest BCUT2D eigenvalue weighted by Gasteiger charge is -2.36. The topological polar surface area (TPSA) is 76.9 Å². The molecule has 8 nitrogen and oxygen atoms in total. The van der Waals surface area contributed by atoms with Gasteiger partial charge in [0.05, 0.1) is 36.9 Å². The van der Waals surface area contributed by atoms with Gasteiger partial charge in [-0.25, -0.2) is 9.78 Å². The molecule has 0 radical (unpaired) electrons. The first kappa shape index (κ1) is 22.4. The van der Waals surface area contributed by atoms with Gasteiger partial charge in [-0.15, -0.1) is 0 Å². The van der Waals surface area contributed by atoms with E-state index in [2.05, 4.69) is 35.3 Å². The van der Waals surface area contributed by atoms with Crippen LogP contribution in [0.2, 0.25) is 0 Å². The highest BCUT2D eigenvalue weighted by Crippen LogP contribution is 2.26. The Morgan fingerprint density at radius 1 is 1.26 bits per heavy atom. The molecular weight excluding hydrogens is 464 g/mol. The molecule has 0 N–H and O–H groups in total. The second-order valence-electron chi connectivity index (χ2n) is 8.07. The van der Waals surface area contributed by atoms with E-state index in [9.17, 15) is 9.59 Å². The number of likely N-dealkylation sites (tertiary alicyclic amines) is 1. The first-order valence-corrected chi connectivity index (χ1v) is 11.8. The number of fused-ring (bicyclic) bond motifs is 1. The summed E-state index contributed by atoms with van der Waals surface area (Å²) in [6, 6.07) is 1.85. The lowest BCUT2D eigenvalue weighted by atomic mass is 10.0. The molecule has 31 heavy (non-hydrogen) atoms. The maximum atomic E-state index is 13.0. The lowest BCUT2D eigenvalue weighted by Crippen LogP contribution is -2.44. The van der Waals surface area contributed by atoms with E-state index in [1.165, 1.54) is 0 Å². The monoisotopic (exact) mass is 492 g/mol. The van der Waals surface area contributed by atoms with Crippen molar-refractivity contribution >= 4 is 32.8 Å². The highest BCUT2D eigenvalue weighted by atomic mass is 79.9. The number of carbonyl (C=O) groups is 1. The van der Waals surface area contributed by atoms with Gasteiger partial charge in [-0.2, -0.15) is 0 Å². The summed E-state index contributed by atoms with van der Waals surface area (Å²) in [5, 5.41) is 0.484. The van der Waals surface area contributed by atoms with Crippen LogP contribution in [0.5, 0.6) is 0 Å². The fourth-order valence-electron chi connectivity index (χ4n) is 4.45. The number of piperidine rings is 1. The van der Waals surface area contributed by atoms with Crippen LogP contribution in [0.1, 0.15) is 36.2 Å². The van der Waals surface area contributed by atoms with Gasteiger partial charge < -0.3 is 18.9 Å². The molecule has 2 saturated heterocycles. The van der Waals surface area contributed by atoms with Crippen molar-refractivity contribution in [2.75, 3.05) is 59.1 Å². The van der Waals surface area contributed by atoms with Gasteiger partial charge in [0.2, 0.25) is 5.43 Å². The van der Waals surface area contributed by atoms with Gasteiger partial charge >= 0.3 is 5.97 Å². The lowest BCUT2D eigenvalue weighted by molar-refractivity contribution is 0.0311. The van der Waals surface area contributed by atoms with Crippen LogP contribution in [0.25, 0.3) is 10.9 Å². The standard InChI is InChI=1S/C22H29BrN4O4/c1-2-31-22(29)18-15-27(19-13-24-20(23)12-17(19)21(18)28)16-4-3-5-26(14-16)7-6-25-8-10-30-11-9-25/h12-13,15-16H,2-11,14H2,1H3/t16-/m0/s1. The normalized spacial score (nSPS) is 20.8. The zero-order chi connectivity index (χ0) is 21.8. The van der Waals surface area contributed by atoms with Crippen LogP contribution >= 0.6 is 15.9 Å². The number of hydrogen-bond acceptors (Lipinski definition) is 7. The third kappa shape index (κ3) is 5.16. The Labute approximate surface area is 190 Å². The Morgan fingerprint density at radius 3 is 2.81 bits per heavy atom. The van der Waals surface area contributed by atoms with E-state index in [0.29, 0.717) is 9.99 Å². The summed E-state index contributed by atoms with van der Waals surface area (Å²) in [4.78, 5) is 34.7. The molecule has 2 fully saturated rings. The number of pyridine rings is 2. The minimum Gasteiger partial charge on any atom is -0.462 e. The van der Waals surface area contributed by atoms with Gasteiger partial charge in [-0.3, -0.25) is 9.69 Å². The fraction of sp³-hybridized carbons (Fsp3) is 0.591. The van der Waals surface area contributed by atoms with Crippen LogP contribution in [-0.4, -0.2) is 84.4 Å². The van der Waals surface area contributed by atoms with Crippen molar-refractivity contribution in [1.82, 2.24) is 19.4 Å². The molecule has 2 aliphatic heterocycles. The zero-order valence-corrected chi connectivity index (χ0v) is 19.5. The summed E-state index contributed by atoms with van der Waals surface area (Å²) in [6.45, 7) is 9.55. The molecule has 0 bridgehead atoms. The molecule has 9 heteroatoms. The molecule has 0 unspecified atom stereocenters. The summed E-state index contributed by atoms with van der Waals surface area (Å²) in [6.07, 6.45) is 5.45. The van der Waals surface area contributed by atoms with E-state index < -0.39 is 5.97 Å². The van der Waals surface area contributed by atoms with Gasteiger partial charge in [0.25, 0.3) is 0 Å². The van der Waals surface area contributed by atoms with E-state index in [-0.39, 0.29) is 23.6 Å². The molecule has 2 aromatic heterocycles. The average molecular weight is 493 g/mol. The van der Waals surface area contributed by atoms with Gasteiger partial charge in [0, 0.05) is 45.0 Å². The maximum Gasteiger partial charge on any atom is 0.343 e. The number of morpholine rings is 1. The molecule has 0 aliphatic carbocycles. The minimum atomic E-state index is -0.573. The summed E-state index contributed by atoms with van der Waals surface area (Å²) in [5.74, 6) is -0.573. The summed E-state index contributed by atoms with van der Waals surface area (Å²) < 4.78 is 13.2. The first-order chi connectivity index (χ1) is 15.1. The molecule has 4 rings (SSSR count). The van der Waals surface area contributed by atoms with E-state index in [0.717, 1.165) is 70.8 Å². The largest absolute Gasteiger partial charge is 0.462 e. The number of rotatable bonds is 6. The number of halogens is 1. The van der Waals surface area contributed by atoms with Crippen molar-refractivity contribution in [2.24, 2.45) is 0 Å². The zero-order valence-electron chi connectivity index (χ0n) is 17.9. The Morgan fingerprint density at radius 2 is 2.03 bits per heavy atom. The van der Waals surface area contributed by atoms with Crippen LogP contribution in [0.15, 0.2) is 27.9 Å². The number of ether oxygens (including phenoxy) is 2. The Balaban J connectivity index is 1.60. The quantitative estimate of drug-likeness (QED) is 0.452. The number of carbonyl (C=O) groups excluding carboxylic acids is 1. The molecule has 0 spiro atoms. The second-order valence-corrected chi connectivity index (χ2v) is 8.89. The molecule has 0 amide bonds. The number of nitrogens with zero attached hydrogens (tertiary/aromatic N) is 4. The minimum absolute atomic E-state index is 0.0814. The SMILES string of the molecule is CCOC(=O)c1cn([C@H]2CCCN(CCN3CCOCC3)C2)c2cnc(Br)cc2c1=O. The number of esters is 1. The van der Waals surface area contributed by atoms with Crippen LogP contribution in [-0.2, 0) is 9.47 Å². The average Bonchev–Trinajstić information content (AvgIpc) is 2.79. The summed E-state index contributed by atoms with van der Waals surface area (Å²) in [7, 11) is 0. The third-order valence-electron chi connectivity index (χ3n) is 6.09. The first-order valence-electron chi connectivity index (χ1n) is 11.0. The van der Waals surface area contributed by atoms with Crippen molar-refractivity contribution in [3.63, 3.8) is 0 Å². The predicted molar refractivity (Wildman–Crippen MR) is 122 cm³/mol. The third-order valence-corrected chi connectivity index (χ3v) is 6.52. The Kier molecular flexibility index (Phi) is 7.37. The Bertz CT molecular complexity index is 989. The van der Waals surface area contributed by atoms with Crippen LogP contribution < -0.4 is 5.43 Å². The van der Waals surface area contributed by atoms with Crippen molar-refractivity contribution in [2.45, 2.75) is 25.8 Å². The van der Waals surface area contributed by atoms with Crippen molar-refractivity contribution < 1.29 is 14.3 Å². The smallest absolute Gasteiger partial charge is 0.343 e. The van der Waals surface area contributed by atoms with Crippen LogP contribution in [0, 0.1) is 0 Å².